The molecule has 0 bridgehead atoms. The summed E-state index contributed by atoms with van der Waals surface area (Å²) in [5, 5.41) is 5.73. The Labute approximate surface area is 152 Å². The van der Waals surface area contributed by atoms with Gasteiger partial charge in [0.05, 0.1) is 11.3 Å². The van der Waals surface area contributed by atoms with Gasteiger partial charge in [0.15, 0.2) is 0 Å². The van der Waals surface area contributed by atoms with Crippen molar-refractivity contribution in [3.63, 3.8) is 0 Å². The Balaban J connectivity index is 1.83. The number of carbonyl (C=O) groups excluding carboxylic acids is 2. The van der Waals surface area contributed by atoms with Gasteiger partial charge in [-0.05, 0) is 49.7 Å². The van der Waals surface area contributed by atoms with E-state index in [4.69, 9.17) is 0 Å². The molecule has 3 aromatic carbocycles. The summed E-state index contributed by atoms with van der Waals surface area (Å²) in [6.45, 7) is 3.86. The maximum Gasteiger partial charge on any atom is 0.257 e. The van der Waals surface area contributed by atoms with Gasteiger partial charge in [-0.3, -0.25) is 9.59 Å². The number of para-hydroxylation sites is 2. The summed E-state index contributed by atoms with van der Waals surface area (Å²) in [6, 6.07) is 21.9. The monoisotopic (exact) mass is 344 g/mol. The third kappa shape index (κ3) is 3.98. The van der Waals surface area contributed by atoms with Gasteiger partial charge in [0.2, 0.25) is 0 Å². The van der Waals surface area contributed by atoms with E-state index in [1.54, 1.807) is 30.3 Å². The van der Waals surface area contributed by atoms with Crippen molar-refractivity contribution in [3.8, 4) is 0 Å². The van der Waals surface area contributed by atoms with Gasteiger partial charge < -0.3 is 10.6 Å². The highest BCUT2D eigenvalue weighted by molar-refractivity contribution is 6.12. The first-order valence-electron chi connectivity index (χ1n) is 8.38. The van der Waals surface area contributed by atoms with Crippen LogP contribution >= 0.6 is 0 Å². The van der Waals surface area contributed by atoms with Crippen LogP contribution in [0.15, 0.2) is 72.8 Å². The number of carbonyl (C=O) groups is 2. The maximum atomic E-state index is 12.7. The van der Waals surface area contributed by atoms with Crippen molar-refractivity contribution in [3.05, 3.63) is 95.1 Å². The van der Waals surface area contributed by atoms with Gasteiger partial charge in [-0.2, -0.15) is 0 Å². The highest BCUT2D eigenvalue weighted by Crippen LogP contribution is 2.20. The lowest BCUT2D eigenvalue weighted by Gasteiger charge is -2.13. The molecule has 0 saturated heterocycles. The van der Waals surface area contributed by atoms with Crippen LogP contribution in [0.25, 0.3) is 0 Å². The number of nitrogens with one attached hydrogen (secondary N) is 2. The van der Waals surface area contributed by atoms with E-state index >= 15 is 0 Å². The molecule has 0 atom stereocenters. The molecule has 0 heterocycles. The lowest BCUT2D eigenvalue weighted by atomic mass is 10.1. The van der Waals surface area contributed by atoms with E-state index in [1.807, 2.05) is 56.3 Å². The molecule has 0 aliphatic carbocycles. The Hall–Kier alpha value is -3.40. The Bertz CT molecular complexity index is 964. The average molecular weight is 344 g/mol. The number of hydrogen-bond acceptors (Lipinski definition) is 2. The summed E-state index contributed by atoms with van der Waals surface area (Å²) < 4.78 is 0. The van der Waals surface area contributed by atoms with Crippen molar-refractivity contribution in [2.24, 2.45) is 0 Å². The summed E-state index contributed by atoms with van der Waals surface area (Å²) in [5.74, 6) is -0.510. The van der Waals surface area contributed by atoms with E-state index < -0.39 is 0 Å². The zero-order valence-electron chi connectivity index (χ0n) is 14.7. The first-order valence-corrected chi connectivity index (χ1v) is 8.38. The topological polar surface area (TPSA) is 58.2 Å². The second kappa shape index (κ2) is 7.66. The minimum Gasteiger partial charge on any atom is -0.322 e. The summed E-state index contributed by atoms with van der Waals surface area (Å²) in [7, 11) is 0. The molecule has 130 valence electrons. The molecule has 3 aromatic rings. The van der Waals surface area contributed by atoms with E-state index in [9.17, 15) is 9.59 Å². The number of anilines is 2. The normalized spacial score (nSPS) is 10.2. The fourth-order valence-corrected chi connectivity index (χ4v) is 2.67. The van der Waals surface area contributed by atoms with Gasteiger partial charge in [-0.1, -0.05) is 48.0 Å². The molecular weight excluding hydrogens is 324 g/mol. The molecule has 4 nitrogen and oxygen atoms in total. The van der Waals surface area contributed by atoms with Crippen molar-refractivity contribution in [1.29, 1.82) is 0 Å². The van der Waals surface area contributed by atoms with Crippen LogP contribution in [0.1, 0.15) is 31.8 Å². The van der Waals surface area contributed by atoms with Crippen LogP contribution in [0.5, 0.6) is 0 Å². The molecule has 0 radical (unpaired) electrons. The molecule has 0 aromatic heterocycles. The molecule has 3 rings (SSSR count). The van der Waals surface area contributed by atoms with Crippen LogP contribution in [0, 0.1) is 13.8 Å². The summed E-state index contributed by atoms with van der Waals surface area (Å²) in [5.41, 5.74) is 4.17. The van der Waals surface area contributed by atoms with Gasteiger partial charge in [0, 0.05) is 11.3 Å². The number of aryl methyl sites for hydroxylation is 2. The predicted octanol–water partition coefficient (Wildman–Crippen LogP) is 4.81. The van der Waals surface area contributed by atoms with Crippen LogP contribution in [0.4, 0.5) is 11.4 Å². The second-order valence-corrected chi connectivity index (χ2v) is 6.14. The van der Waals surface area contributed by atoms with Crippen LogP contribution in [-0.2, 0) is 0 Å². The lowest BCUT2D eigenvalue weighted by molar-refractivity contribution is 0.102. The fraction of sp³-hybridized carbons (Fsp3) is 0.0909. The van der Waals surface area contributed by atoms with Crippen LogP contribution in [0.2, 0.25) is 0 Å². The zero-order chi connectivity index (χ0) is 18.5. The van der Waals surface area contributed by atoms with E-state index in [0.717, 1.165) is 16.8 Å². The van der Waals surface area contributed by atoms with E-state index in [0.29, 0.717) is 16.8 Å². The van der Waals surface area contributed by atoms with Crippen molar-refractivity contribution >= 4 is 23.2 Å². The standard InChI is InChI=1S/C22H20N2O2/c1-15-8-7-10-17(14-15)21(25)24-20-13-6-4-11-18(20)22(26)23-19-12-5-3-9-16(19)2/h3-14H,1-2H3,(H,23,26)(H,24,25). The average Bonchev–Trinajstić information content (AvgIpc) is 2.64. The van der Waals surface area contributed by atoms with Gasteiger partial charge in [0.25, 0.3) is 11.8 Å². The third-order valence-electron chi connectivity index (χ3n) is 4.09. The lowest BCUT2D eigenvalue weighted by Crippen LogP contribution is -2.18. The Morgan fingerprint density at radius 1 is 0.692 bits per heavy atom. The van der Waals surface area contributed by atoms with Gasteiger partial charge >= 0.3 is 0 Å². The van der Waals surface area contributed by atoms with E-state index in [1.165, 1.54) is 0 Å². The highest BCUT2D eigenvalue weighted by atomic mass is 16.2. The van der Waals surface area contributed by atoms with Gasteiger partial charge in [-0.25, -0.2) is 0 Å². The van der Waals surface area contributed by atoms with Crippen molar-refractivity contribution in [1.82, 2.24) is 0 Å². The number of amides is 2. The molecule has 0 spiro atoms. The first-order chi connectivity index (χ1) is 12.5. The molecule has 0 aliphatic rings. The molecule has 26 heavy (non-hydrogen) atoms. The van der Waals surface area contributed by atoms with E-state index in [2.05, 4.69) is 10.6 Å². The molecule has 2 amide bonds. The maximum absolute atomic E-state index is 12.7. The first kappa shape index (κ1) is 17.4. The molecule has 0 unspecified atom stereocenters. The van der Waals surface area contributed by atoms with Crippen LogP contribution in [-0.4, -0.2) is 11.8 Å². The number of benzene rings is 3. The largest absolute Gasteiger partial charge is 0.322 e. The number of hydrogen-bond donors (Lipinski definition) is 2. The molecule has 4 heteroatoms. The fourth-order valence-electron chi connectivity index (χ4n) is 2.67. The van der Waals surface area contributed by atoms with Crippen LogP contribution < -0.4 is 10.6 Å². The van der Waals surface area contributed by atoms with Gasteiger partial charge in [0.1, 0.15) is 0 Å². The molecule has 0 aliphatic heterocycles. The van der Waals surface area contributed by atoms with Gasteiger partial charge in [-0.15, -0.1) is 0 Å². The zero-order valence-corrected chi connectivity index (χ0v) is 14.7. The Morgan fingerprint density at radius 2 is 1.35 bits per heavy atom. The Kier molecular flexibility index (Phi) is 5.13. The summed E-state index contributed by atoms with van der Waals surface area (Å²) in [6.07, 6.45) is 0. The van der Waals surface area contributed by atoms with Crippen molar-refractivity contribution in [2.45, 2.75) is 13.8 Å². The SMILES string of the molecule is Cc1cccc(C(=O)Nc2ccccc2C(=O)Nc2ccccc2C)c1. The van der Waals surface area contributed by atoms with Crippen LogP contribution in [0.3, 0.4) is 0 Å². The predicted molar refractivity (Wildman–Crippen MR) is 105 cm³/mol. The summed E-state index contributed by atoms with van der Waals surface area (Å²) >= 11 is 0. The second-order valence-electron chi connectivity index (χ2n) is 6.14. The van der Waals surface area contributed by atoms with E-state index in [-0.39, 0.29) is 11.8 Å². The van der Waals surface area contributed by atoms with Crippen molar-refractivity contribution < 1.29 is 9.59 Å². The molecule has 0 fully saturated rings. The highest BCUT2D eigenvalue weighted by Gasteiger charge is 2.15. The van der Waals surface area contributed by atoms with Crippen molar-refractivity contribution in [2.75, 3.05) is 10.6 Å². The molecule has 0 saturated carbocycles. The Morgan fingerprint density at radius 3 is 2.08 bits per heavy atom. The minimum atomic E-state index is -0.264. The summed E-state index contributed by atoms with van der Waals surface area (Å²) in [4.78, 5) is 25.2. The minimum absolute atomic E-state index is 0.246. The quantitative estimate of drug-likeness (QED) is 0.714. The smallest absolute Gasteiger partial charge is 0.257 e. The third-order valence-corrected chi connectivity index (χ3v) is 4.09. The molecular formula is C22H20N2O2. The number of rotatable bonds is 4. The molecule has 2 N–H and O–H groups in total.